The van der Waals surface area contributed by atoms with Crippen LogP contribution in [0.3, 0.4) is 0 Å². The summed E-state index contributed by atoms with van der Waals surface area (Å²) < 4.78 is 0. The van der Waals surface area contributed by atoms with Crippen molar-refractivity contribution in [3.63, 3.8) is 0 Å². The second-order valence-electron chi connectivity index (χ2n) is 7.44. The van der Waals surface area contributed by atoms with Gasteiger partial charge in [-0.15, -0.1) is 0 Å². The van der Waals surface area contributed by atoms with Crippen LogP contribution < -0.4 is 5.32 Å². The number of hydrogen-bond acceptors (Lipinski definition) is 2. The molecule has 0 bridgehead atoms. The molecule has 0 aromatic carbocycles. The first-order chi connectivity index (χ1) is 9.26. The number of hydrogen-bond donors (Lipinski definition) is 1. The van der Waals surface area contributed by atoms with Gasteiger partial charge in [-0.05, 0) is 63.3 Å². The van der Waals surface area contributed by atoms with Gasteiger partial charge in [0.2, 0.25) is 0 Å². The van der Waals surface area contributed by atoms with Gasteiger partial charge in [-0.25, -0.2) is 0 Å². The molecule has 1 N–H and O–H groups in total. The Morgan fingerprint density at radius 1 is 1.11 bits per heavy atom. The largest absolute Gasteiger partial charge is 0.312 e. The Balaban J connectivity index is 1.50. The first-order valence-electron chi connectivity index (χ1n) is 8.73. The van der Waals surface area contributed by atoms with Crippen LogP contribution in [0, 0.1) is 17.8 Å². The summed E-state index contributed by atoms with van der Waals surface area (Å²) in [5.41, 5.74) is 0. The highest BCUT2D eigenvalue weighted by molar-refractivity contribution is 4.91. The SMILES string of the molecule is CCC1CC(NCC2CCC2)CN(C(C)C2CC2)C1. The monoisotopic (exact) mass is 264 g/mol. The van der Waals surface area contributed by atoms with E-state index in [9.17, 15) is 0 Å². The number of likely N-dealkylation sites (tertiary alicyclic amines) is 1. The van der Waals surface area contributed by atoms with Gasteiger partial charge in [-0.3, -0.25) is 4.90 Å². The van der Waals surface area contributed by atoms with Crippen LogP contribution in [0.15, 0.2) is 0 Å². The molecular formula is C17H32N2. The number of nitrogens with zero attached hydrogens (tertiary/aromatic N) is 1. The lowest BCUT2D eigenvalue weighted by Gasteiger charge is -2.42. The lowest BCUT2D eigenvalue weighted by molar-refractivity contribution is 0.0893. The van der Waals surface area contributed by atoms with E-state index in [0.717, 1.165) is 29.8 Å². The van der Waals surface area contributed by atoms with Crippen molar-refractivity contribution in [2.75, 3.05) is 19.6 Å². The van der Waals surface area contributed by atoms with Crippen LogP contribution in [0.2, 0.25) is 0 Å². The first-order valence-corrected chi connectivity index (χ1v) is 8.73. The maximum atomic E-state index is 3.89. The molecule has 0 radical (unpaired) electrons. The van der Waals surface area contributed by atoms with Crippen LogP contribution in [-0.2, 0) is 0 Å². The minimum Gasteiger partial charge on any atom is -0.312 e. The van der Waals surface area contributed by atoms with E-state index in [1.54, 1.807) is 0 Å². The summed E-state index contributed by atoms with van der Waals surface area (Å²) in [5.74, 6) is 2.94. The Labute approximate surface area is 119 Å². The quantitative estimate of drug-likeness (QED) is 0.792. The van der Waals surface area contributed by atoms with Crippen molar-refractivity contribution >= 4 is 0 Å². The van der Waals surface area contributed by atoms with Crippen molar-refractivity contribution in [3.8, 4) is 0 Å². The highest BCUT2D eigenvalue weighted by Gasteiger charge is 2.36. The van der Waals surface area contributed by atoms with E-state index >= 15 is 0 Å². The Morgan fingerprint density at radius 2 is 1.89 bits per heavy atom. The van der Waals surface area contributed by atoms with Crippen LogP contribution in [0.4, 0.5) is 0 Å². The molecule has 110 valence electrons. The van der Waals surface area contributed by atoms with Gasteiger partial charge in [0, 0.05) is 25.2 Å². The molecule has 2 aliphatic carbocycles. The molecule has 1 saturated heterocycles. The van der Waals surface area contributed by atoms with E-state index < -0.39 is 0 Å². The molecule has 3 atom stereocenters. The molecule has 1 heterocycles. The zero-order valence-corrected chi connectivity index (χ0v) is 12.9. The van der Waals surface area contributed by atoms with Crippen molar-refractivity contribution in [2.24, 2.45) is 17.8 Å². The summed E-state index contributed by atoms with van der Waals surface area (Å²) in [6.07, 6.45) is 10.1. The van der Waals surface area contributed by atoms with Crippen molar-refractivity contribution in [3.05, 3.63) is 0 Å². The Hall–Kier alpha value is -0.0800. The number of rotatable bonds is 6. The molecule has 3 aliphatic rings. The van der Waals surface area contributed by atoms with Crippen LogP contribution in [-0.4, -0.2) is 36.6 Å². The van der Waals surface area contributed by atoms with E-state index in [1.807, 2.05) is 0 Å². The van der Waals surface area contributed by atoms with Crippen LogP contribution in [0.1, 0.15) is 58.8 Å². The van der Waals surface area contributed by atoms with Gasteiger partial charge in [-0.1, -0.05) is 19.8 Å². The second kappa shape index (κ2) is 6.13. The van der Waals surface area contributed by atoms with E-state index in [4.69, 9.17) is 0 Å². The maximum absolute atomic E-state index is 3.89. The fourth-order valence-electron chi connectivity index (χ4n) is 3.92. The third-order valence-electron chi connectivity index (χ3n) is 5.94. The Bertz CT molecular complexity index is 283. The van der Waals surface area contributed by atoms with Crippen LogP contribution in [0.25, 0.3) is 0 Å². The van der Waals surface area contributed by atoms with E-state index in [-0.39, 0.29) is 0 Å². The third kappa shape index (κ3) is 3.52. The van der Waals surface area contributed by atoms with Crippen molar-refractivity contribution < 1.29 is 0 Å². The smallest absolute Gasteiger partial charge is 0.0198 e. The van der Waals surface area contributed by atoms with E-state index in [0.29, 0.717) is 0 Å². The summed E-state index contributed by atoms with van der Waals surface area (Å²) >= 11 is 0. The average Bonchev–Trinajstić information content (AvgIpc) is 3.20. The molecule has 0 aromatic heterocycles. The molecule has 3 rings (SSSR count). The number of piperidine rings is 1. The molecular weight excluding hydrogens is 232 g/mol. The lowest BCUT2D eigenvalue weighted by Crippen LogP contribution is -2.53. The van der Waals surface area contributed by atoms with Gasteiger partial charge in [0.15, 0.2) is 0 Å². The summed E-state index contributed by atoms with van der Waals surface area (Å²) in [6, 6.07) is 1.60. The molecule has 0 amide bonds. The minimum atomic E-state index is 0.764. The van der Waals surface area contributed by atoms with Crippen molar-refractivity contribution in [1.82, 2.24) is 10.2 Å². The topological polar surface area (TPSA) is 15.3 Å². The number of nitrogens with one attached hydrogen (secondary N) is 1. The van der Waals surface area contributed by atoms with Crippen LogP contribution in [0.5, 0.6) is 0 Å². The summed E-state index contributed by atoms with van der Waals surface area (Å²) in [6.45, 7) is 8.79. The zero-order chi connectivity index (χ0) is 13.2. The Kier molecular flexibility index (Phi) is 4.48. The molecule has 1 aliphatic heterocycles. The molecule has 3 unspecified atom stereocenters. The van der Waals surface area contributed by atoms with Gasteiger partial charge >= 0.3 is 0 Å². The van der Waals surface area contributed by atoms with Gasteiger partial charge in [0.25, 0.3) is 0 Å². The predicted molar refractivity (Wildman–Crippen MR) is 81.3 cm³/mol. The predicted octanol–water partition coefficient (Wildman–Crippen LogP) is 3.28. The molecule has 19 heavy (non-hydrogen) atoms. The molecule has 2 heteroatoms. The highest BCUT2D eigenvalue weighted by atomic mass is 15.2. The first kappa shape index (κ1) is 13.9. The molecule has 0 spiro atoms. The summed E-state index contributed by atoms with van der Waals surface area (Å²) in [5, 5.41) is 3.89. The normalized spacial score (nSPS) is 35.1. The molecule has 3 fully saturated rings. The van der Waals surface area contributed by atoms with Crippen molar-refractivity contribution in [2.45, 2.75) is 70.9 Å². The summed E-state index contributed by atoms with van der Waals surface area (Å²) in [7, 11) is 0. The zero-order valence-electron chi connectivity index (χ0n) is 12.9. The summed E-state index contributed by atoms with van der Waals surface area (Å²) in [4.78, 5) is 2.80. The fourth-order valence-corrected chi connectivity index (χ4v) is 3.92. The standard InChI is InChI=1S/C17H32N2/c1-3-14-9-17(18-10-15-5-4-6-15)12-19(11-14)13(2)16-7-8-16/h13-18H,3-12H2,1-2H3. The molecule has 0 aromatic rings. The van der Waals surface area contributed by atoms with E-state index in [1.165, 1.54) is 64.6 Å². The van der Waals surface area contributed by atoms with E-state index in [2.05, 4.69) is 24.1 Å². The minimum absolute atomic E-state index is 0.764. The third-order valence-corrected chi connectivity index (χ3v) is 5.94. The average molecular weight is 264 g/mol. The Morgan fingerprint density at radius 3 is 2.47 bits per heavy atom. The van der Waals surface area contributed by atoms with Crippen LogP contribution >= 0.6 is 0 Å². The second-order valence-corrected chi connectivity index (χ2v) is 7.44. The van der Waals surface area contributed by atoms with Gasteiger partial charge in [0.05, 0.1) is 0 Å². The van der Waals surface area contributed by atoms with Gasteiger partial charge in [-0.2, -0.15) is 0 Å². The molecule has 2 nitrogen and oxygen atoms in total. The fraction of sp³-hybridized carbons (Fsp3) is 1.00. The van der Waals surface area contributed by atoms with Gasteiger partial charge in [0.1, 0.15) is 0 Å². The maximum Gasteiger partial charge on any atom is 0.0198 e. The van der Waals surface area contributed by atoms with Crippen molar-refractivity contribution in [1.29, 1.82) is 0 Å². The lowest BCUT2D eigenvalue weighted by atomic mass is 9.84. The highest BCUT2D eigenvalue weighted by Crippen LogP contribution is 2.37. The molecule has 2 saturated carbocycles. The van der Waals surface area contributed by atoms with Gasteiger partial charge < -0.3 is 5.32 Å².